The Morgan fingerprint density at radius 2 is 2.08 bits per heavy atom. The summed E-state index contributed by atoms with van der Waals surface area (Å²) in [5, 5.41) is 6.73. The molecule has 1 amide bonds. The van der Waals surface area contributed by atoms with Crippen LogP contribution < -0.4 is 10.2 Å². The van der Waals surface area contributed by atoms with Gasteiger partial charge in [0.1, 0.15) is 11.5 Å². The van der Waals surface area contributed by atoms with Crippen molar-refractivity contribution in [3.05, 3.63) is 35.7 Å². The summed E-state index contributed by atoms with van der Waals surface area (Å²) < 4.78 is 1.53. The smallest absolute Gasteiger partial charge is 0.222 e. The minimum atomic E-state index is -0.749. The number of fused-ring (bicyclic) bond motifs is 1. The van der Waals surface area contributed by atoms with E-state index in [0.717, 1.165) is 5.82 Å². The van der Waals surface area contributed by atoms with E-state index in [2.05, 4.69) is 15.4 Å². The molecule has 25 heavy (non-hydrogen) atoms. The number of carbonyl (C=O) groups is 3. The van der Waals surface area contributed by atoms with Crippen LogP contribution in [0.5, 0.6) is 0 Å². The van der Waals surface area contributed by atoms with Crippen molar-refractivity contribution < 1.29 is 14.4 Å². The molecule has 0 radical (unpaired) electrons. The average Bonchev–Trinajstić information content (AvgIpc) is 2.97. The first-order valence-electron chi connectivity index (χ1n) is 7.94. The fourth-order valence-corrected chi connectivity index (χ4v) is 2.84. The Balaban J connectivity index is 1.82. The lowest BCUT2D eigenvalue weighted by molar-refractivity contribution is -0.114. The Morgan fingerprint density at radius 3 is 2.68 bits per heavy atom. The average molecular weight is 341 g/mol. The third kappa shape index (κ3) is 3.28. The Kier molecular flexibility index (Phi) is 4.35. The number of anilines is 2. The summed E-state index contributed by atoms with van der Waals surface area (Å²) in [7, 11) is 3.73. The quantitative estimate of drug-likeness (QED) is 0.667. The number of pyridine rings is 1. The number of aryl methyl sites for hydroxylation is 1. The molecule has 2 aromatic heterocycles. The van der Waals surface area contributed by atoms with Crippen LogP contribution in [0, 0.1) is 5.92 Å². The Labute approximate surface area is 144 Å². The SMILES string of the molecule is CC(=O)Nc1cc2n(n1)CCC(C(=O)c1ccc(N(C)C)nc1)C2=O. The molecule has 1 atom stereocenters. The van der Waals surface area contributed by atoms with Crippen LogP contribution in [0.25, 0.3) is 0 Å². The van der Waals surface area contributed by atoms with Gasteiger partial charge in [0, 0.05) is 45.4 Å². The third-order valence-corrected chi connectivity index (χ3v) is 4.09. The van der Waals surface area contributed by atoms with E-state index < -0.39 is 5.92 Å². The second-order valence-corrected chi connectivity index (χ2v) is 6.19. The van der Waals surface area contributed by atoms with E-state index in [1.807, 2.05) is 19.0 Å². The van der Waals surface area contributed by atoms with E-state index in [4.69, 9.17) is 0 Å². The zero-order valence-corrected chi connectivity index (χ0v) is 14.3. The second kappa shape index (κ2) is 6.46. The molecule has 1 aliphatic rings. The summed E-state index contributed by atoms with van der Waals surface area (Å²) in [6, 6.07) is 4.95. The molecule has 0 saturated carbocycles. The number of Topliss-reactive ketones (excluding diaryl/α,β-unsaturated/α-hetero) is 2. The van der Waals surface area contributed by atoms with Gasteiger partial charge in [0.15, 0.2) is 17.4 Å². The van der Waals surface area contributed by atoms with Crippen molar-refractivity contribution in [2.75, 3.05) is 24.3 Å². The van der Waals surface area contributed by atoms with Gasteiger partial charge in [-0.15, -0.1) is 0 Å². The van der Waals surface area contributed by atoms with Crippen molar-refractivity contribution in [2.24, 2.45) is 5.92 Å². The highest BCUT2D eigenvalue weighted by Crippen LogP contribution is 2.26. The molecular formula is C17H19N5O3. The van der Waals surface area contributed by atoms with Crippen LogP contribution >= 0.6 is 0 Å². The molecule has 2 aromatic rings. The van der Waals surface area contributed by atoms with Gasteiger partial charge in [-0.05, 0) is 18.6 Å². The summed E-state index contributed by atoms with van der Waals surface area (Å²) in [4.78, 5) is 42.6. The number of rotatable bonds is 4. The number of nitrogens with one attached hydrogen (secondary N) is 1. The topological polar surface area (TPSA) is 97.2 Å². The molecule has 8 heteroatoms. The van der Waals surface area contributed by atoms with E-state index in [1.54, 1.807) is 12.1 Å². The Bertz CT molecular complexity index is 838. The van der Waals surface area contributed by atoms with E-state index >= 15 is 0 Å². The van der Waals surface area contributed by atoms with Crippen LogP contribution in [0.15, 0.2) is 24.4 Å². The van der Waals surface area contributed by atoms with Crippen molar-refractivity contribution in [2.45, 2.75) is 19.9 Å². The van der Waals surface area contributed by atoms with Gasteiger partial charge >= 0.3 is 0 Å². The molecule has 0 spiro atoms. The zero-order chi connectivity index (χ0) is 18.1. The highest BCUT2D eigenvalue weighted by atomic mass is 16.2. The summed E-state index contributed by atoms with van der Waals surface area (Å²) in [5.41, 5.74) is 0.755. The first kappa shape index (κ1) is 16.8. The van der Waals surface area contributed by atoms with Crippen LogP contribution in [-0.2, 0) is 11.3 Å². The van der Waals surface area contributed by atoms with E-state index in [-0.39, 0.29) is 17.5 Å². The first-order valence-corrected chi connectivity index (χ1v) is 7.94. The molecule has 1 aliphatic heterocycles. The lowest BCUT2D eigenvalue weighted by Crippen LogP contribution is -2.32. The molecule has 0 aliphatic carbocycles. The van der Waals surface area contributed by atoms with Crippen LogP contribution in [0.4, 0.5) is 11.6 Å². The van der Waals surface area contributed by atoms with Gasteiger partial charge in [-0.3, -0.25) is 19.1 Å². The maximum Gasteiger partial charge on any atom is 0.222 e. The predicted octanol–water partition coefficient (Wildman–Crippen LogP) is 1.39. The molecule has 130 valence electrons. The van der Waals surface area contributed by atoms with E-state index in [1.165, 1.54) is 23.9 Å². The fourth-order valence-electron chi connectivity index (χ4n) is 2.84. The monoisotopic (exact) mass is 341 g/mol. The number of nitrogens with zero attached hydrogens (tertiary/aromatic N) is 4. The zero-order valence-electron chi connectivity index (χ0n) is 14.3. The maximum absolute atomic E-state index is 12.7. The van der Waals surface area contributed by atoms with Gasteiger partial charge in [0.05, 0.1) is 5.92 Å². The molecule has 3 rings (SSSR count). The molecular weight excluding hydrogens is 322 g/mol. The molecule has 0 bridgehead atoms. The van der Waals surface area contributed by atoms with Crippen LogP contribution in [-0.4, -0.2) is 46.3 Å². The number of aromatic nitrogens is 3. The summed E-state index contributed by atoms with van der Waals surface area (Å²) in [6.07, 6.45) is 1.88. The highest BCUT2D eigenvalue weighted by molar-refractivity contribution is 6.16. The van der Waals surface area contributed by atoms with E-state index in [9.17, 15) is 14.4 Å². The largest absolute Gasteiger partial charge is 0.363 e. The normalized spacial score (nSPS) is 16.3. The van der Waals surface area contributed by atoms with Crippen molar-refractivity contribution >= 4 is 29.1 Å². The number of ketones is 2. The van der Waals surface area contributed by atoms with Crippen molar-refractivity contribution in [1.29, 1.82) is 0 Å². The molecule has 0 fully saturated rings. The standard InChI is InChI=1S/C17H19N5O3/c1-10(23)19-14-8-13-17(25)12(6-7-22(13)20-14)16(24)11-4-5-15(18-9-11)21(2)3/h4-5,8-9,12H,6-7H2,1-3H3,(H,19,20,23). The van der Waals surface area contributed by atoms with Crippen molar-refractivity contribution in [3.8, 4) is 0 Å². The molecule has 1 unspecified atom stereocenters. The molecule has 8 nitrogen and oxygen atoms in total. The lowest BCUT2D eigenvalue weighted by Gasteiger charge is -2.21. The number of carbonyl (C=O) groups excluding carboxylic acids is 3. The number of hydrogen-bond acceptors (Lipinski definition) is 6. The maximum atomic E-state index is 12.7. The molecule has 1 N–H and O–H groups in total. The first-order chi connectivity index (χ1) is 11.9. The summed E-state index contributed by atoms with van der Waals surface area (Å²) in [6.45, 7) is 1.82. The molecule has 0 aromatic carbocycles. The minimum absolute atomic E-state index is 0.240. The highest BCUT2D eigenvalue weighted by Gasteiger charge is 2.35. The summed E-state index contributed by atoms with van der Waals surface area (Å²) in [5.74, 6) is -0.470. The molecule has 0 saturated heterocycles. The predicted molar refractivity (Wildman–Crippen MR) is 91.9 cm³/mol. The Morgan fingerprint density at radius 1 is 1.32 bits per heavy atom. The van der Waals surface area contributed by atoms with E-state index in [0.29, 0.717) is 30.0 Å². The van der Waals surface area contributed by atoms with Crippen LogP contribution in [0.3, 0.4) is 0 Å². The lowest BCUT2D eigenvalue weighted by atomic mass is 9.88. The number of hydrogen-bond donors (Lipinski definition) is 1. The molecule has 3 heterocycles. The second-order valence-electron chi connectivity index (χ2n) is 6.19. The summed E-state index contributed by atoms with van der Waals surface area (Å²) >= 11 is 0. The van der Waals surface area contributed by atoms with Crippen LogP contribution in [0.2, 0.25) is 0 Å². The van der Waals surface area contributed by atoms with Gasteiger partial charge in [-0.2, -0.15) is 5.10 Å². The van der Waals surface area contributed by atoms with Crippen molar-refractivity contribution in [1.82, 2.24) is 14.8 Å². The van der Waals surface area contributed by atoms with Gasteiger partial charge in [0.25, 0.3) is 0 Å². The van der Waals surface area contributed by atoms with Gasteiger partial charge in [-0.25, -0.2) is 4.98 Å². The third-order valence-electron chi connectivity index (χ3n) is 4.09. The van der Waals surface area contributed by atoms with Gasteiger partial charge in [0.2, 0.25) is 5.91 Å². The fraction of sp³-hybridized carbons (Fsp3) is 0.353. The Hall–Kier alpha value is -3.03. The van der Waals surface area contributed by atoms with Crippen LogP contribution in [0.1, 0.15) is 34.2 Å². The van der Waals surface area contributed by atoms with Gasteiger partial charge < -0.3 is 10.2 Å². The van der Waals surface area contributed by atoms with Gasteiger partial charge in [-0.1, -0.05) is 0 Å². The minimum Gasteiger partial charge on any atom is -0.363 e. The number of amides is 1. The van der Waals surface area contributed by atoms with Crippen molar-refractivity contribution in [3.63, 3.8) is 0 Å².